The van der Waals surface area contributed by atoms with Crippen molar-refractivity contribution in [2.75, 3.05) is 13.2 Å². The first-order chi connectivity index (χ1) is 18.9. The minimum absolute atomic E-state index is 0.393. The molecule has 0 bridgehead atoms. The Balaban J connectivity index is 2.51. The zero-order chi connectivity index (χ0) is 31.6. The maximum absolute atomic E-state index is 13.1. The van der Waals surface area contributed by atoms with Crippen molar-refractivity contribution in [3.05, 3.63) is 0 Å². The van der Waals surface area contributed by atoms with Gasteiger partial charge >= 0.3 is 17.7 Å². The van der Waals surface area contributed by atoms with Crippen LogP contribution < -0.4 is 5.73 Å². The molecule has 236 valence electrons. The average Bonchev–Trinajstić information content (AvgIpc) is 2.89. The molecule has 19 nitrogen and oxygen atoms in total. The van der Waals surface area contributed by atoms with E-state index in [1.165, 1.54) is 0 Å². The lowest BCUT2D eigenvalue weighted by atomic mass is 9.87. The molecule has 2 saturated heterocycles. The Kier molecular flexibility index (Phi) is 11.3. The van der Waals surface area contributed by atoms with Gasteiger partial charge in [0.05, 0.1) is 43.9 Å². The van der Waals surface area contributed by atoms with Crippen LogP contribution in [-0.2, 0) is 33.4 Å². The first-order valence-corrected chi connectivity index (χ1v) is 12.3. The van der Waals surface area contributed by atoms with Crippen LogP contribution in [0, 0.1) is 0 Å². The maximum Gasteiger partial charge on any atom is 0.377 e. The van der Waals surface area contributed by atoms with Gasteiger partial charge in [-0.15, -0.1) is 0 Å². The number of carbonyl (C=O) groups excluding carboxylic acids is 3. The second-order valence-corrected chi connectivity index (χ2v) is 9.90. The number of hydrogen-bond acceptors (Lipinski definition) is 17. The van der Waals surface area contributed by atoms with Crippen molar-refractivity contribution in [3.8, 4) is 0 Å². The van der Waals surface area contributed by atoms with E-state index in [1.807, 2.05) is 0 Å². The van der Waals surface area contributed by atoms with Crippen LogP contribution in [0.15, 0.2) is 0 Å². The van der Waals surface area contributed by atoms with Crippen LogP contribution in [0.2, 0.25) is 0 Å². The predicted octanol–water partition coefficient (Wildman–Crippen LogP) is -7.18. The van der Waals surface area contributed by atoms with Gasteiger partial charge in [0, 0.05) is 20.3 Å². The highest BCUT2D eigenvalue weighted by atomic mass is 16.8. The Hall–Kier alpha value is -2.40. The third kappa shape index (κ3) is 6.98. The number of imide groups is 1. The number of aliphatic carboxylic acids is 1. The lowest BCUT2D eigenvalue weighted by Gasteiger charge is -2.49. The van der Waals surface area contributed by atoms with Crippen LogP contribution in [-0.4, -0.2) is 165 Å². The Labute approximate surface area is 231 Å². The molecule has 19 heteroatoms. The van der Waals surface area contributed by atoms with Gasteiger partial charge in [-0.2, -0.15) is 0 Å². The molecule has 0 aromatic heterocycles. The second-order valence-electron chi connectivity index (χ2n) is 9.90. The number of nitrogens with zero attached hydrogens (tertiary/aromatic N) is 1. The van der Waals surface area contributed by atoms with Gasteiger partial charge in [0.25, 0.3) is 5.79 Å². The summed E-state index contributed by atoms with van der Waals surface area (Å²) in [5, 5.41) is 101. The summed E-state index contributed by atoms with van der Waals surface area (Å²) in [7, 11) is 0. The summed E-state index contributed by atoms with van der Waals surface area (Å²) in [5.41, 5.74) is 5.72. The Morgan fingerprint density at radius 3 is 1.83 bits per heavy atom. The Morgan fingerprint density at radius 2 is 1.39 bits per heavy atom. The fourth-order valence-corrected chi connectivity index (χ4v) is 4.73. The number of amides is 2. The maximum atomic E-state index is 13.1. The third-order valence-corrected chi connectivity index (χ3v) is 6.89. The van der Waals surface area contributed by atoms with E-state index in [9.17, 15) is 65.1 Å². The summed E-state index contributed by atoms with van der Waals surface area (Å²) in [4.78, 5) is 50.2. The SMILES string of the molecule is CC(=O)N(C(C)=O)[C@H]1[C@H]([C@H](O)[C@H](O)CO)O[C@](OC(=O)[C@]2(O)C[C@H](O)[C@@H](N)[C@H]([C@H](O)[C@H](O)CO)O2)(C(=O)O)C[C@@H]1O. The molecule has 12 N–H and O–H groups in total. The summed E-state index contributed by atoms with van der Waals surface area (Å²) < 4.78 is 15.3. The van der Waals surface area contributed by atoms with E-state index in [1.54, 1.807) is 0 Å². The number of aliphatic hydroxyl groups is 9. The van der Waals surface area contributed by atoms with Crippen LogP contribution in [0.4, 0.5) is 0 Å². The fraction of sp³-hybridized carbons (Fsp3) is 0.818. The molecule has 2 fully saturated rings. The fourth-order valence-electron chi connectivity index (χ4n) is 4.73. The van der Waals surface area contributed by atoms with Gasteiger partial charge in [-0.3, -0.25) is 14.5 Å². The van der Waals surface area contributed by atoms with Gasteiger partial charge in [0.1, 0.15) is 36.6 Å². The number of ether oxygens (including phenoxy) is 3. The second kappa shape index (κ2) is 13.3. The minimum Gasteiger partial charge on any atom is -0.476 e. The van der Waals surface area contributed by atoms with Crippen LogP contribution in [0.1, 0.15) is 26.7 Å². The molecule has 2 amide bonds. The molecule has 0 aromatic carbocycles. The zero-order valence-electron chi connectivity index (χ0n) is 22.0. The van der Waals surface area contributed by atoms with Crippen molar-refractivity contribution in [1.82, 2.24) is 4.90 Å². The first kappa shape index (κ1) is 34.8. The zero-order valence-corrected chi connectivity index (χ0v) is 22.0. The largest absolute Gasteiger partial charge is 0.476 e. The lowest BCUT2D eigenvalue weighted by Crippen LogP contribution is -2.70. The van der Waals surface area contributed by atoms with Crippen molar-refractivity contribution in [1.29, 1.82) is 0 Å². The molecule has 2 heterocycles. The van der Waals surface area contributed by atoms with Crippen molar-refractivity contribution in [2.45, 2.75) is 99.2 Å². The average molecular weight is 601 g/mol. The van der Waals surface area contributed by atoms with Gasteiger partial charge in [0.15, 0.2) is 0 Å². The summed E-state index contributed by atoms with van der Waals surface area (Å²) in [6, 6.07) is -3.41. The van der Waals surface area contributed by atoms with Gasteiger partial charge < -0.3 is 71.0 Å². The van der Waals surface area contributed by atoms with Gasteiger partial charge in [0.2, 0.25) is 11.8 Å². The smallest absolute Gasteiger partial charge is 0.377 e. The van der Waals surface area contributed by atoms with Crippen molar-refractivity contribution in [2.24, 2.45) is 5.73 Å². The molecule has 2 aliphatic heterocycles. The molecule has 2 aliphatic rings. The number of carboxylic acids is 1. The standard InChI is InChI=1S/C22H36N2O17/c1-7(27)24(8(2)28)14-10(30)4-22(19(35)36,40-18(14)16(34)12(32)6-26)41-20(37)21(38)3-9(29)13(23)17(39-21)15(33)11(31)5-25/h9-18,25-26,29-34,38H,3-6,23H2,1-2H3,(H,35,36)/t9-,10-,11+,12+,13+,14+,15+,16+,17+,18+,21-,22+/m0/s1. The monoisotopic (exact) mass is 600 g/mol. The quantitative estimate of drug-likeness (QED) is 0.104. The van der Waals surface area contributed by atoms with E-state index < -0.39 is 122 Å². The molecule has 0 spiro atoms. The van der Waals surface area contributed by atoms with E-state index in [0.29, 0.717) is 4.90 Å². The number of rotatable bonds is 10. The third-order valence-electron chi connectivity index (χ3n) is 6.89. The minimum atomic E-state index is -3.31. The highest BCUT2D eigenvalue weighted by Gasteiger charge is 2.62. The number of carbonyl (C=O) groups is 4. The number of hydrogen-bond donors (Lipinski definition) is 11. The summed E-state index contributed by atoms with van der Waals surface area (Å²) >= 11 is 0. The summed E-state index contributed by atoms with van der Waals surface area (Å²) in [5.74, 6) is -12.7. The molecule has 2 rings (SSSR count). The number of carboxylic acid groups (broad SMARTS) is 1. The number of nitrogens with two attached hydrogens (primary N) is 1. The molecule has 12 atom stereocenters. The van der Waals surface area contributed by atoms with Crippen LogP contribution in [0.25, 0.3) is 0 Å². The first-order valence-electron chi connectivity index (χ1n) is 12.3. The normalized spacial score (nSPS) is 36.9. The highest BCUT2D eigenvalue weighted by Crippen LogP contribution is 2.38. The summed E-state index contributed by atoms with van der Waals surface area (Å²) in [6.07, 6.45) is -18.8. The van der Waals surface area contributed by atoms with E-state index in [2.05, 4.69) is 0 Å². The molecule has 0 unspecified atom stereocenters. The van der Waals surface area contributed by atoms with Crippen molar-refractivity contribution < 1.29 is 84.5 Å². The molecule has 41 heavy (non-hydrogen) atoms. The van der Waals surface area contributed by atoms with E-state index in [0.717, 1.165) is 13.8 Å². The Bertz CT molecular complexity index is 970. The van der Waals surface area contributed by atoms with Gasteiger partial charge in [-0.1, -0.05) is 0 Å². The van der Waals surface area contributed by atoms with E-state index in [-0.39, 0.29) is 0 Å². The van der Waals surface area contributed by atoms with Gasteiger partial charge in [-0.25, -0.2) is 9.59 Å². The van der Waals surface area contributed by atoms with Crippen molar-refractivity contribution >= 4 is 23.8 Å². The van der Waals surface area contributed by atoms with Crippen molar-refractivity contribution in [3.63, 3.8) is 0 Å². The molecule has 0 saturated carbocycles. The number of esters is 1. The van der Waals surface area contributed by atoms with E-state index in [4.69, 9.17) is 25.1 Å². The Morgan fingerprint density at radius 1 is 0.902 bits per heavy atom. The topological polar surface area (TPSA) is 328 Å². The predicted molar refractivity (Wildman–Crippen MR) is 126 cm³/mol. The molecular weight excluding hydrogens is 564 g/mol. The molecule has 0 radical (unpaired) electrons. The molecular formula is C22H36N2O17. The number of aliphatic hydroxyl groups excluding tert-OH is 8. The molecule has 0 aliphatic carbocycles. The van der Waals surface area contributed by atoms with E-state index >= 15 is 0 Å². The molecule has 0 aromatic rings. The lowest BCUT2D eigenvalue weighted by molar-refractivity contribution is -0.334. The van der Waals surface area contributed by atoms with Crippen LogP contribution >= 0.6 is 0 Å². The highest BCUT2D eigenvalue weighted by molar-refractivity contribution is 5.93. The van der Waals surface area contributed by atoms with Crippen LogP contribution in [0.5, 0.6) is 0 Å². The van der Waals surface area contributed by atoms with Crippen LogP contribution in [0.3, 0.4) is 0 Å². The summed E-state index contributed by atoms with van der Waals surface area (Å²) in [6.45, 7) is -0.380. The van der Waals surface area contributed by atoms with Gasteiger partial charge in [-0.05, 0) is 0 Å².